The number of unbranched alkanes of at least 4 members (excludes halogenated alkanes) is 2. The second kappa shape index (κ2) is 11.8. The van der Waals surface area contributed by atoms with Gasteiger partial charge in [0.05, 0.1) is 24.6 Å². The number of aryl methyl sites for hydroxylation is 1. The van der Waals surface area contributed by atoms with E-state index in [2.05, 4.69) is 68.3 Å². The van der Waals surface area contributed by atoms with Crippen LogP contribution in [-0.2, 0) is 24.2 Å². The number of nitrogens with one attached hydrogen (secondary N) is 1. The van der Waals surface area contributed by atoms with Crippen LogP contribution < -0.4 is 10.1 Å². The molecule has 0 atom stereocenters. The number of hydrogen-bond acceptors (Lipinski definition) is 3. The van der Waals surface area contributed by atoms with Crippen LogP contribution in [0.3, 0.4) is 0 Å². The number of carbonyl (C=O) groups is 1. The van der Waals surface area contributed by atoms with Gasteiger partial charge in [-0.2, -0.15) is 0 Å². The molecule has 0 spiro atoms. The number of carbonyl (C=O) groups excluding carboxylic acids is 1. The summed E-state index contributed by atoms with van der Waals surface area (Å²) in [7, 11) is 1.64. The van der Waals surface area contributed by atoms with Gasteiger partial charge in [-0.1, -0.05) is 58.7 Å². The van der Waals surface area contributed by atoms with Gasteiger partial charge < -0.3 is 14.6 Å². The zero-order valence-corrected chi connectivity index (χ0v) is 21.1. The Morgan fingerprint density at radius 3 is 2.44 bits per heavy atom. The quantitative estimate of drug-likeness (QED) is 0.250. The number of benzene rings is 3. The maximum Gasteiger partial charge on any atom is 0.224 e. The Kier molecular flexibility index (Phi) is 8.36. The Bertz CT molecular complexity index is 1220. The maximum atomic E-state index is 12.2. The average Bonchev–Trinajstić information content (AvgIpc) is 3.20. The molecule has 3 aromatic carbocycles. The Hall–Kier alpha value is -3.12. The highest BCUT2D eigenvalue weighted by atomic mass is 79.9. The van der Waals surface area contributed by atoms with E-state index in [0.717, 1.165) is 59.4 Å². The smallest absolute Gasteiger partial charge is 0.224 e. The summed E-state index contributed by atoms with van der Waals surface area (Å²) in [4.78, 5) is 17.1. The largest absolute Gasteiger partial charge is 0.497 e. The third-order valence-corrected chi connectivity index (χ3v) is 6.44. The van der Waals surface area contributed by atoms with Gasteiger partial charge >= 0.3 is 0 Å². The first-order valence-corrected chi connectivity index (χ1v) is 12.5. The minimum atomic E-state index is 0.0569. The molecular formula is C28H30BrN3O2. The van der Waals surface area contributed by atoms with Crippen molar-refractivity contribution in [2.24, 2.45) is 0 Å². The highest BCUT2D eigenvalue weighted by Gasteiger charge is 2.11. The number of aromatic nitrogens is 2. The minimum Gasteiger partial charge on any atom is -0.497 e. The Labute approximate surface area is 209 Å². The van der Waals surface area contributed by atoms with Crippen molar-refractivity contribution in [1.82, 2.24) is 14.9 Å². The molecule has 0 saturated carbocycles. The Balaban J connectivity index is 1.25. The second-order valence-corrected chi connectivity index (χ2v) is 9.33. The van der Waals surface area contributed by atoms with E-state index < -0.39 is 0 Å². The molecule has 1 N–H and O–H groups in total. The molecule has 0 radical (unpaired) electrons. The number of methoxy groups -OCH3 is 1. The summed E-state index contributed by atoms with van der Waals surface area (Å²) in [5.74, 6) is 1.98. The van der Waals surface area contributed by atoms with Crippen LogP contribution in [0.1, 0.15) is 36.2 Å². The van der Waals surface area contributed by atoms with Gasteiger partial charge in [0.15, 0.2) is 0 Å². The van der Waals surface area contributed by atoms with E-state index in [1.54, 1.807) is 7.11 Å². The zero-order valence-electron chi connectivity index (χ0n) is 19.5. The first-order valence-electron chi connectivity index (χ1n) is 11.7. The van der Waals surface area contributed by atoms with Gasteiger partial charge in [0.1, 0.15) is 11.6 Å². The summed E-state index contributed by atoms with van der Waals surface area (Å²) < 4.78 is 8.57. The molecule has 176 valence electrons. The molecule has 0 aliphatic rings. The van der Waals surface area contributed by atoms with Crippen LogP contribution in [0.4, 0.5) is 0 Å². The van der Waals surface area contributed by atoms with Crippen molar-refractivity contribution in [3.8, 4) is 5.75 Å². The maximum absolute atomic E-state index is 12.2. The lowest BCUT2D eigenvalue weighted by Gasteiger charge is -2.10. The van der Waals surface area contributed by atoms with Gasteiger partial charge in [-0.3, -0.25) is 4.79 Å². The van der Waals surface area contributed by atoms with Crippen LogP contribution in [0.25, 0.3) is 11.0 Å². The standard InChI is InChI=1S/C28H30BrN3O2/c1-34-24-16-12-21(13-17-24)19-28(33)30-18-6-2-3-9-27-31-25-7-4-5-8-26(25)32(27)20-22-10-14-23(29)15-11-22/h4-5,7-8,10-17H,2-3,6,9,18-20H2,1H3,(H,30,33). The molecule has 5 nitrogen and oxygen atoms in total. The molecule has 34 heavy (non-hydrogen) atoms. The molecule has 0 aliphatic heterocycles. The van der Waals surface area contributed by atoms with Crippen molar-refractivity contribution < 1.29 is 9.53 Å². The summed E-state index contributed by atoms with van der Waals surface area (Å²) in [6.07, 6.45) is 4.36. The molecule has 1 aromatic heterocycles. The zero-order chi connectivity index (χ0) is 23.8. The normalized spacial score (nSPS) is 11.0. The van der Waals surface area contributed by atoms with Crippen LogP contribution in [0, 0.1) is 0 Å². The number of fused-ring (bicyclic) bond motifs is 1. The van der Waals surface area contributed by atoms with Gasteiger partial charge in [-0.05, 0) is 60.4 Å². The summed E-state index contributed by atoms with van der Waals surface area (Å²) in [5, 5.41) is 3.03. The third-order valence-electron chi connectivity index (χ3n) is 5.91. The van der Waals surface area contributed by atoms with Crippen LogP contribution in [0.15, 0.2) is 77.3 Å². The summed E-state index contributed by atoms with van der Waals surface area (Å²) >= 11 is 3.51. The predicted octanol–water partition coefficient (Wildman–Crippen LogP) is 5.93. The topological polar surface area (TPSA) is 56.1 Å². The van der Waals surface area contributed by atoms with Gasteiger partial charge in [-0.15, -0.1) is 0 Å². The van der Waals surface area contributed by atoms with Crippen molar-refractivity contribution in [1.29, 1.82) is 0 Å². The number of nitrogens with zero attached hydrogens (tertiary/aromatic N) is 2. The van der Waals surface area contributed by atoms with E-state index >= 15 is 0 Å². The number of imidazole rings is 1. The highest BCUT2D eigenvalue weighted by Crippen LogP contribution is 2.20. The fraction of sp³-hybridized carbons (Fsp3) is 0.286. The lowest BCUT2D eigenvalue weighted by atomic mass is 10.1. The first-order chi connectivity index (χ1) is 16.6. The third kappa shape index (κ3) is 6.48. The number of para-hydroxylation sites is 2. The molecule has 4 aromatic rings. The first kappa shape index (κ1) is 24.0. The van der Waals surface area contributed by atoms with E-state index in [1.165, 1.54) is 11.1 Å². The molecule has 0 bridgehead atoms. The number of hydrogen-bond donors (Lipinski definition) is 1. The second-order valence-electron chi connectivity index (χ2n) is 8.41. The van der Waals surface area contributed by atoms with E-state index in [9.17, 15) is 4.79 Å². The van der Waals surface area contributed by atoms with Gasteiger partial charge in [0.2, 0.25) is 5.91 Å². The SMILES string of the molecule is COc1ccc(CC(=O)NCCCCCc2nc3ccccc3n2Cc2ccc(Br)cc2)cc1. The van der Waals surface area contributed by atoms with Crippen molar-refractivity contribution >= 4 is 32.9 Å². The molecule has 0 fully saturated rings. The van der Waals surface area contributed by atoms with Crippen molar-refractivity contribution in [3.05, 3.63) is 94.2 Å². The van der Waals surface area contributed by atoms with E-state index in [-0.39, 0.29) is 5.91 Å². The highest BCUT2D eigenvalue weighted by molar-refractivity contribution is 9.10. The molecule has 1 amide bonds. The van der Waals surface area contributed by atoms with Crippen LogP contribution in [0.5, 0.6) is 5.75 Å². The molecule has 6 heteroatoms. The summed E-state index contributed by atoms with van der Waals surface area (Å²) in [6, 6.07) is 24.4. The lowest BCUT2D eigenvalue weighted by molar-refractivity contribution is -0.120. The van der Waals surface area contributed by atoms with Crippen LogP contribution in [0.2, 0.25) is 0 Å². The van der Waals surface area contributed by atoms with Gasteiger partial charge in [-0.25, -0.2) is 4.98 Å². The lowest BCUT2D eigenvalue weighted by Crippen LogP contribution is -2.26. The van der Waals surface area contributed by atoms with E-state index in [4.69, 9.17) is 9.72 Å². The van der Waals surface area contributed by atoms with Crippen LogP contribution >= 0.6 is 15.9 Å². The Morgan fingerprint density at radius 2 is 1.68 bits per heavy atom. The van der Waals surface area contributed by atoms with Crippen LogP contribution in [-0.4, -0.2) is 29.1 Å². The summed E-state index contributed by atoms with van der Waals surface area (Å²) in [6.45, 7) is 1.51. The van der Waals surface area contributed by atoms with E-state index in [0.29, 0.717) is 13.0 Å². The Morgan fingerprint density at radius 1 is 0.941 bits per heavy atom. The fourth-order valence-corrected chi connectivity index (χ4v) is 4.33. The molecular weight excluding hydrogens is 490 g/mol. The van der Waals surface area contributed by atoms with Gasteiger partial charge in [0, 0.05) is 24.0 Å². The number of amides is 1. The molecule has 4 rings (SSSR count). The molecule has 0 saturated heterocycles. The number of ether oxygens (including phenoxy) is 1. The molecule has 0 aliphatic carbocycles. The number of halogens is 1. The predicted molar refractivity (Wildman–Crippen MR) is 140 cm³/mol. The van der Waals surface area contributed by atoms with Crippen molar-refractivity contribution in [2.75, 3.05) is 13.7 Å². The van der Waals surface area contributed by atoms with E-state index in [1.807, 2.05) is 30.3 Å². The van der Waals surface area contributed by atoms with Crippen molar-refractivity contribution in [2.45, 2.75) is 38.6 Å². The minimum absolute atomic E-state index is 0.0569. The van der Waals surface area contributed by atoms with Crippen molar-refractivity contribution in [3.63, 3.8) is 0 Å². The fourth-order valence-electron chi connectivity index (χ4n) is 4.07. The summed E-state index contributed by atoms with van der Waals surface area (Å²) in [5.41, 5.74) is 4.46. The monoisotopic (exact) mass is 519 g/mol. The number of rotatable bonds is 11. The average molecular weight is 520 g/mol. The molecule has 0 unspecified atom stereocenters. The van der Waals surface area contributed by atoms with Gasteiger partial charge in [0.25, 0.3) is 0 Å². The molecule has 1 heterocycles.